The van der Waals surface area contributed by atoms with Gasteiger partial charge in [0.25, 0.3) is 11.8 Å². The summed E-state index contributed by atoms with van der Waals surface area (Å²) in [4.78, 5) is 33.4. The summed E-state index contributed by atoms with van der Waals surface area (Å²) >= 11 is 0. The molecule has 0 spiro atoms. The number of aromatic amines is 1. The average molecular weight is 489 g/mol. The van der Waals surface area contributed by atoms with Crippen molar-refractivity contribution >= 4 is 17.5 Å². The zero-order valence-electron chi connectivity index (χ0n) is 18.9. The summed E-state index contributed by atoms with van der Waals surface area (Å²) in [6.07, 6.45) is 0.0218. The predicted molar refractivity (Wildman–Crippen MR) is 124 cm³/mol. The molecule has 1 unspecified atom stereocenters. The van der Waals surface area contributed by atoms with E-state index in [0.29, 0.717) is 28.2 Å². The second-order valence-corrected chi connectivity index (χ2v) is 8.13. The van der Waals surface area contributed by atoms with Crippen LogP contribution in [-0.4, -0.2) is 53.7 Å². The van der Waals surface area contributed by atoms with E-state index in [1.807, 2.05) is 0 Å². The molecule has 1 aliphatic heterocycles. The summed E-state index contributed by atoms with van der Waals surface area (Å²) in [5, 5.41) is 32.6. The summed E-state index contributed by atoms with van der Waals surface area (Å²) in [6, 6.07) is 10.3. The molecule has 5 N–H and O–H groups in total. The van der Waals surface area contributed by atoms with Gasteiger partial charge in [-0.25, -0.2) is 14.4 Å². The third-order valence-corrected chi connectivity index (χ3v) is 5.71. The van der Waals surface area contributed by atoms with Crippen LogP contribution in [0.1, 0.15) is 43.7 Å². The predicted octanol–water partition coefficient (Wildman–Crippen LogP) is 1.25. The maximum atomic E-state index is 13.4. The number of carbonyl (C=O) groups is 2. The molecule has 182 valence electrons. The number of hydrogen-bond acceptors (Lipinski definition) is 9. The highest BCUT2D eigenvalue weighted by Gasteiger charge is 2.33. The zero-order valence-corrected chi connectivity index (χ0v) is 18.9. The lowest BCUT2D eigenvalue weighted by atomic mass is 10.0. The summed E-state index contributed by atoms with van der Waals surface area (Å²) in [5.74, 6) is -1.05. The van der Waals surface area contributed by atoms with Crippen LogP contribution in [0.5, 0.6) is 0 Å². The lowest BCUT2D eigenvalue weighted by Gasteiger charge is -2.17. The van der Waals surface area contributed by atoms with Gasteiger partial charge >= 0.3 is 0 Å². The van der Waals surface area contributed by atoms with E-state index >= 15 is 0 Å². The summed E-state index contributed by atoms with van der Waals surface area (Å²) < 4.78 is 13.4. The lowest BCUT2D eigenvalue weighted by Crippen LogP contribution is -2.36. The van der Waals surface area contributed by atoms with Crippen molar-refractivity contribution in [1.82, 2.24) is 41.2 Å². The van der Waals surface area contributed by atoms with Crippen LogP contribution in [0.3, 0.4) is 0 Å². The molecule has 36 heavy (non-hydrogen) atoms. The van der Waals surface area contributed by atoms with Gasteiger partial charge in [0.05, 0.1) is 0 Å². The topological polar surface area (TPSA) is 171 Å². The zero-order chi connectivity index (χ0) is 25.2. The molecule has 0 fully saturated rings. The summed E-state index contributed by atoms with van der Waals surface area (Å²) in [5.41, 5.74) is 3.08. The van der Waals surface area contributed by atoms with E-state index in [1.54, 1.807) is 37.3 Å². The third kappa shape index (κ3) is 4.59. The van der Waals surface area contributed by atoms with Gasteiger partial charge < -0.3 is 21.1 Å². The number of fused-ring (bicyclic) bond motifs is 1. The molecule has 0 saturated heterocycles. The van der Waals surface area contributed by atoms with Crippen LogP contribution in [-0.2, 0) is 6.54 Å². The fraction of sp³-hybridized carbons (Fsp3) is 0.174. The van der Waals surface area contributed by atoms with Crippen LogP contribution in [0.15, 0.2) is 48.8 Å². The van der Waals surface area contributed by atoms with E-state index in [4.69, 9.17) is 0 Å². The Labute approximate surface area is 203 Å². The Morgan fingerprint density at radius 1 is 1.08 bits per heavy atom. The van der Waals surface area contributed by atoms with Crippen molar-refractivity contribution in [3.63, 3.8) is 0 Å². The Bertz CT molecular complexity index is 1440. The smallest absolute Gasteiger partial charge is 0.270 e. The minimum Gasteiger partial charge on any atom is -0.371 e. The Hall–Kier alpha value is -4.78. The first-order valence-corrected chi connectivity index (χ1v) is 10.9. The normalized spacial score (nSPS) is 16.2. The molecule has 2 atom stereocenters. The van der Waals surface area contributed by atoms with Crippen molar-refractivity contribution in [3.05, 3.63) is 82.7 Å². The van der Waals surface area contributed by atoms with Crippen LogP contribution in [0.4, 0.5) is 10.1 Å². The van der Waals surface area contributed by atoms with Gasteiger partial charge in [-0.1, -0.05) is 24.3 Å². The number of nitrogens with zero attached hydrogens (tertiary/aromatic N) is 5. The Balaban J connectivity index is 1.27. The largest absolute Gasteiger partial charge is 0.371 e. The highest BCUT2D eigenvalue weighted by Crippen LogP contribution is 2.35. The highest BCUT2D eigenvalue weighted by molar-refractivity contribution is 5.97. The summed E-state index contributed by atoms with van der Waals surface area (Å²) in [7, 11) is 0. The number of tetrazole rings is 1. The number of carbonyl (C=O) groups excluding carboxylic acids is 2. The van der Waals surface area contributed by atoms with Crippen LogP contribution in [0.2, 0.25) is 0 Å². The molecular formula is C23H20FN9O3. The molecule has 2 aromatic carbocycles. The molecule has 0 aliphatic carbocycles. The van der Waals surface area contributed by atoms with Crippen molar-refractivity contribution in [3.8, 4) is 11.4 Å². The molecule has 0 radical (unpaired) electrons. The number of hydrogen-bond donors (Lipinski definition) is 5. The first-order valence-electron chi connectivity index (χ1n) is 10.9. The second kappa shape index (κ2) is 9.46. The Kier molecular flexibility index (Phi) is 6.04. The number of aromatic nitrogens is 6. The lowest BCUT2D eigenvalue weighted by molar-refractivity contribution is 0.0875. The second-order valence-electron chi connectivity index (χ2n) is 8.13. The van der Waals surface area contributed by atoms with Gasteiger partial charge in [0.2, 0.25) is 5.82 Å². The first kappa shape index (κ1) is 23.0. The van der Waals surface area contributed by atoms with E-state index in [2.05, 4.69) is 46.5 Å². The number of halogens is 1. The maximum absolute atomic E-state index is 13.4. The average Bonchev–Trinajstić information content (AvgIpc) is 3.52. The van der Waals surface area contributed by atoms with Crippen LogP contribution in [0.25, 0.3) is 11.4 Å². The maximum Gasteiger partial charge on any atom is 0.270 e. The van der Waals surface area contributed by atoms with E-state index < -0.39 is 24.1 Å². The molecule has 13 heteroatoms. The first-order chi connectivity index (χ1) is 17.4. The van der Waals surface area contributed by atoms with Gasteiger partial charge in [0.15, 0.2) is 0 Å². The molecule has 0 saturated carbocycles. The van der Waals surface area contributed by atoms with Gasteiger partial charge in [-0.3, -0.25) is 9.59 Å². The molecule has 1 aliphatic rings. The SMILES string of the molecule is Cc1cc(CNC(=O)c2cc(C(=O)N[C@@H]3c4ccc(-c5nn[nH]n5)cc4NC3O)ncn2)ccc1F. The minimum atomic E-state index is -1.09. The van der Waals surface area contributed by atoms with Crippen molar-refractivity contribution in [2.24, 2.45) is 0 Å². The van der Waals surface area contributed by atoms with Gasteiger partial charge in [-0.05, 0) is 35.4 Å². The molecule has 4 aromatic rings. The minimum absolute atomic E-state index is 0.00997. The number of aliphatic hydroxyl groups excluding tert-OH is 1. The van der Waals surface area contributed by atoms with E-state index in [9.17, 15) is 19.1 Å². The van der Waals surface area contributed by atoms with Gasteiger partial charge in [-0.15, -0.1) is 10.2 Å². The Morgan fingerprint density at radius 3 is 2.64 bits per heavy atom. The quantitative estimate of drug-likeness (QED) is 0.267. The number of nitrogens with one attached hydrogen (secondary N) is 4. The number of H-pyrrole nitrogens is 1. The molecule has 0 bridgehead atoms. The number of benzene rings is 2. The fourth-order valence-electron chi connectivity index (χ4n) is 3.86. The highest BCUT2D eigenvalue weighted by atomic mass is 19.1. The number of aryl methyl sites for hydroxylation is 1. The third-order valence-electron chi connectivity index (χ3n) is 5.71. The number of aliphatic hydroxyl groups is 1. The fourth-order valence-corrected chi connectivity index (χ4v) is 3.86. The molecular weight excluding hydrogens is 469 g/mol. The van der Waals surface area contributed by atoms with Crippen molar-refractivity contribution < 1.29 is 19.1 Å². The van der Waals surface area contributed by atoms with Crippen molar-refractivity contribution in [2.45, 2.75) is 25.7 Å². The Morgan fingerprint density at radius 2 is 1.89 bits per heavy atom. The molecule has 3 heterocycles. The van der Waals surface area contributed by atoms with Crippen LogP contribution >= 0.6 is 0 Å². The van der Waals surface area contributed by atoms with E-state index in [-0.39, 0.29) is 23.7 Å². The molecule has 12 nitrogen and oxygen atoms in total. The summed E-state index contributed by atoms with van der Waals surface area (Å²) in [6.45, 7) is 1.80. The molecule has 2 aromatic heterocycles. The number of anilines is 1. The van der Waals surface area contributed by atoms with Gasteiger partial charge in [0.1, 0.15) is 35.8 Å². The van der Waals surface area contributed by atoms with Gasteiger partial charge in [-0.2, -0.15) is 5.21 Å². The van der Waals surface area contributed by atoms with E-state index in [1.165, 1.54) is 12.1 Å². The van der Waals surface area contributed by atoms with Crippen molar-refractivity contribution in [1.29, 1.82) is 0 Å². The standard InChI is InChI=1S/C23H20FN9O3/c1-11-6-12(2-5-15(11)24)9-25-21(34)17-8-18(27-10-26-17)22(35)29-19-14-4-3-13(20-30-32-33-31-20)7-16(14)28-23(19)36/h2-8,10,19,23,28,36H,9H2,1H3,(H,25,34)(H,29,35)(H,30,31,32,33)/t19-,23?/m1/s1. The van der Waals surface area contributed by atoms with Crippen molar-refractivity contribution in [2.75, 3.05) is 5.32 Å². The number of rotatable bonds is 6. The van der Waals surface area contributed by atoms with Crippen LogP contribution < -0.4 is 16.0 Å². The molecule has 5 rings (SSSR count). The molecule has 2 amide bonds. The number of amides is 2. The van der Waals surface area contributed by atoms with E-state index in [0.717, 1.165) is 11.9 Å². The monoisotopic (exact) mass is 489 g/mol. The van der Waals surface area contributed by atoms with Crippen LogP contribution in [0, 0.1) is 12.7 Å². The van der Waals surface area contributed by atoms with Gasteiger partial charge in [0, 0.05) is 29.4 Å².